The molecule has 0 fully saturated rings. The molecular weight excluding hydrogens is 200 g/mol. The molecule has 0 bridgehead atoms. The zero-order valence-corrected chi connectivity index (χ0v) is 11.3. The highest BCUT2D eigenvalue weighted by Gasteiger charge is 2.05. The van der Waals surface area contributed by atoms with Gasteiger partial charge in [0.1, 0.15) is 0 Å². The molecule has 0 aromatic carbocycles. The smallest absolute Gasteiger partial charge is 0.233 e. The van der Waals surface area contributed by atoms with Crippen LogP contribution in [-0.2, 0) is 4.79 Å². The van der Waals surface area contributed by atoms with E-state index in [1.807, 2.05) is 0 Å². The van der Waals surface area contributed by atoms with Crippen molar-refractivity contribution < 1.29 is 4.79 Å². The molecule has 3 heteroatoms. The molecule has 0 aromatic rings. The third-order valence-corrected chi connectivity index (χ3v) is 2.60. The second kappa shape index (κ2) is 9.64. The summed E-state index contributed by atoms with van der Waals surface area (Å²) in [4.78, 5) is 11.3. The molecule has 0 heterocycles. The van der Waals surface area contributed by atoms with Crippen LogP contribution in [0.5, 0.6) is 0 Å². The molecule has 0 saturated heterocycles. The van der Waals surface area contributed by atoms with Gasteiger partial charge in [0.05, 0.1) is 6.54 Å². The molecule has 0 radical (unpaired) electrons. The van der Waals surface area contributed by atoms with Crippen molar-refractivity contribution >= 4 is 5.91 Å². The Balaban J connectivity index is 3.42. The van der Waals surface area contributed by atoms with E-state index < -0.39 is 0 Å². The van der Waals surface area contributed by atoms with Crippen LogP contribution in [0.1, 0.15) is 53.4 Å². The normalized spacial score (nSPS) is 12.8. The fraction of sp³-hybridized carbons (Fsp3) is 0.923. The third kappa shape index (κ3) is 9.97. The number of carbonyl (C=O) groups excluding carboxylic acids is 1. The van der Waals surface area contributed by atoms with E-state index in [-0.39, 0.29) is 5.91 Å². The summed E-state index contributed by atoms with van der Waals surface area (Å²) in [7, 11) is 0. The fourth-order valence-corrected chi connectivity index (χ4v) is 1.53. The molecule has 0 aliphatic rings. The van der Waals surface area contributed by atoms with Gasteiger partial charge < -0.3 is 10.6 Å². The van der Waals surface area contributed by atoms with Crippen molar-refractivity contribution in [3.05, 3.63) is 0 Å². The van der Waals surface area contributed by atoms with E-state index in [1.165, 1.54) is 12.8 Å². The van der Waals surface area contributed by atoms with Gasteiger partial charge in [-0.15, -0.1) is 0 Å². The minimum absolute atomic E-state index is 0.109. The summed E-state index contributed by atoms with van der Waals surface area (Å²) in [6, 6.07) is 0.436. The maximum absolute atomic E-state index is 11.3. The molecule has 0 aliphatic heterocycles. The molecule has 2 N–H and O–H groups in total. The van der Waals surface area contributed by atoms with Crippen molar-refractivity contribution in [3.8, 4) is 0 Å². The molecule has 3 nitrogen and oxygen atoms in total. The molecular formula is C13H28N2O. The van der Waals surface area contributed by atoms with Gasteiger partial charge in [-0.05, 0) is 25.7 Å². The number of hydrogen-bond acceptors (Lipinski definition) is 2. The Hall–Kier alpha value is -0.570. The lowest BCUT2D eigenvalue weighted by molar-refractivity contribution is -0.120. The molecule has 0 rings (SSSR count). The minimum Gasteiger partial charge on any atom is -0.355 e. The van der Waals surface area contributed by atoms with Crippen molar-refractivity contribution in [3.63, 3.8) is 0 Å². The standard InChI is InChI=1S/C13H28N2O/c1-5-9-14-13(16)10-15-12(4)8-6-7-11(2)3/h11-12,15H,5-10H2,1-4H3,(H,14,16). The molecule has 1 unspecified atom stereocenters. The van der Waals surface area contributed by atoms with E-state index in [0.717, 1.165) is 25.3 Å². The highest BCUT2D eigenvalue weighted by Crippen LogP contribution is 2.07. The van der Waals surface area contributed by atoms with Crippen LogP contribution >= 0.6 is 0 Å². The van der Waals surface area contributed by atoms with Gasteiger partial charge in [-0.25, -0.2) is 0 Å². The summed E-state index contributed by atoms with van der Waals surface area (Å²) in [5, 5.41) is 6.11. The molecule has 1 atom stereocenters. The average Bonchev–Trinajstić information content (AvgIpc) is 2.23. The Morgan fingerprint density at radius 2 is 1.88 bits per heavy atom. The number of rotatable bonds is 9. The third-order valence-electron chi connectivity index (χ3n) is 2.60. The van der Waals surface area contributed by atoms with Crippen molar-refractivity contribution in [2.45, 2.75) is 59.4 Å². The molecule has 0 aromatic heterocycles. The lowest BCUT2D eigenvalue weighted by atomic mass is 10.0. The Kier molecular flexibility index (Phi) is 9.30. The van der Waals surface area contributed by atoms with Gasteiger partial charge >= 0.3 is 0 Å². The summed E-state index contributed by atoms with van der Waals surface area (Å²) in [5.74, 6) is 0.887. The van der Waals surface area contributed by atoms with Crippen LogP contribution in [0.2, 0.25) is 0 Å². The van der Waals surface area contributed by atoms with Gasteiger partial charge in [0.2, 0.25) is 5.91 Å². The zero-order chi connectivity index (χ0) is 12.4. The first kappa shape index (κ1) is 15.4. The zero-order valence-electron chi connectivity index (χ0n) is 11.3. The van der Waals surface area contributed by atoms with Gasteiger partial charge in [0, 0.05) is 12.6 Å². The number of carbonyl (C=O) groups is 1. The molecule has 0 aliphatic carbocycles. The lowest BCUT2D eigenvalue weighted by Crippen LogP contribution is -2.38. The van der Waals surface area contributed by atoms with Crippen molar-refractivity contribution in [2.24, 2.45) is 5.92 Å². The predicted molar refractivity (Wildman–Crippen MR) is 69.5 cm³/mol. The first-order valence-electron chi connectivity index (χ1n) is 6.56. The maximum Gasteiger partial charge on any atom is 0.233 e. The van der Waals surface area contributed by atoms with Crippen LogP contribution in [0.3, 0.4) is 0 Å². The van der Waals surface area contributed by atoms with Gasteiger partial charge in [0.25, 0.3) is 0 Å². The summed E-state index contributed by atoms with van der Waals surface area (Å²) < 4.78 is 0. The SMILES string of the molecule is CCCNC(=O)CNC(C)CCCC(C)C. The molecule has 0 saturated carbocycles. The number of amides is 1. The van der Waals surface area contributed by atoms with Crippen LogP contribution in [0.25, 0.3) is 0 Å². The topological polar surface area (TPSA) is 41.1 Å². The van der Waals surface area contributed by atoms with Gasteiger partial charge in [0.15, 0.2) is 0 Å². The summed E-state index contributed by atoms with van der Waals surface area (Å²) in [5.41, 5.74) is 0. The van der Waals surface area contributed by atoms with E-state index in [2.05, 4.69) is 38.3 Å². The van der Waals surface area contributed by atoms with Gasteiger partial charge in [-0.2, -0.15) is 0 Å². The molecule has 16 heavy (non-hydrogen) atoms. The molecule has 1 amide bonds. The highest BCUT2D eigenvalue weighted by atomic mass is 16.1. The Morgan fingerprint density at radius 1 is 1.19 bits per heavy atom. The van der Waals surface area contributed by atoms with Crippen LogP contribution in [0.15, 0.2) is 0 Å². The van der Waals surface area contributed by atoms with Crippen LogP contribution in [0, 0.1) is 5.92 Å². The first-order chi connectivity index (χ1) is 7.56. The summed E-state index contributed by atoms with van der Waals surface area (Å²) in [6.45, 7) is 9.92. The fourth-order valence-electron chi connectivity index (χ4n) is 1.53. The first-order valence-corrected chi connectivity index (χ1v) is 6.56. The number of hydrogen-bond donors (Lipinski definition) is 2. The van der Waals surface area contributed by atoms with Gasteiger partial charge in [-0.3, -0.25) is 4.79 Å². The molecule has 0 spiro atoms. The van der Waals surface area contributed by atoms with Crippen LogP contribution in [0.4, 0.5) is 0 Å². The average molecular weight is 228 g/mol. The minimum atomic E-state index is 0.109. The van der Waals surface area contributed by atoms with Crippen LogP contribution < -0.4 is 10.6 Å². The predicted octanol–water partition coefficient (Wildman–Crippen LogP) is 2.32. The highest BCUT2D eigenvalue weighted by molar-refractivity contribution is 5.77. The van der Waals surface area contributed by atoms with E-state index in [0.29, 0.717) is 12.6 Å². The van der Waals surface area contributed by atoms with Crippen LogP contribution in [-0.4, -0.2) is 25.0 Å². The monoisotopic (exact) mass is 228 g/mol. The quantitative estimate of drug-likeness (QED) is 0.636. The van der Waals surface area contributed by atoms with E-state index >= 15 is 0 Å². The number of nitrogens with one attached hydrogen (secondary N) is 2. The second-order valence-corrected chi connectivity index (χ2v) is 4.96. The van der Waals surface area contributed by atoms with E-state index in [4.69, 9.17) is 0 Å². The largest absolute Gasteiger partial charge is 0.355 e. The Bertz CT molecular complexity index is 181. The Morgan fingerprint density at radius 3 is 2.44 bits per heavy atom. The van der Waals surface area contributed by atoms with Gasteiger partial charge in [-0.1, -0.05) is 33.6 Å². The van der Waals surface area contributed by atoms with E-state index in [9.17, 15) is 4.79 Å². The summed E-state index contributed by atoms with van der Waals surface area (Å²) in [6.07, 6.45) is 4.66. The Labute approximate surface area is 100 Å². The van der Waals surface area contributed by atoms with Crippen molar-refractivity contribution in [2.75, 3.05) is 13.1 Å². The van der Waals surface area contributed by atoms with Crippen molar-refractivity contribution in [1.82, 2.24) is 10.6 Å². The second-order valence-electron chi connectivity index (χ2n) is 4.96. The van der Waals surface area contributed by atoms with Crippen molar-refractivity contribution in [1.29, 1.82) is 0 Å². The lowest BCUT2D eigenvalue weighted by Gasteiger charge is -2.14. The molecule has 96 valence electrons. The van der Waals surface area contributed by atoms with E-state index in [1.54, 1.807) is 0 Å². The maximum atomic E-state index is 11.3. The summed E-state index contributed by atoms with van der Waals surface area (Å²) >= 11 is 0.